The van der Waals surface area contributed by atoms with Gasteiger partial charge in [0.1, 0.15) is 0 Å². The highest BCUT2D eigenvalue weighted by atomic mass is 35.5. The van der Waals surface area contributed by atoms with Crippen LogP contribution in [-0.2, 0) is 11.3 Å². The second-order valence-electron chi connectivity index (χ2n) is 3.43. The van der Waals surface area contributed by atoms with Crippen LogP contribution in [0.5, 0.6) is 0 Å². The van der Waals surface area contributed by atoms with Crippen LogP contribution in [0.4, 0.5) is 4.39 Å². The molecule has 90 valence electrons. The van der Waals surface area contributed by atoms with E-state index in [0.717, 1.165) is 0 Å². The molecule has 1 aromatic heterocycles. The zero-order valence-electron chi connectivity index (χ0n) is 8.92. The Morgan fingerprint density at radius 3 is 2.69 bits per heavy atom. The summed E-state index contributed by atoms with van der Waals surface area (Å²) in [6.07, 6.45) is -0.0214. The summed E-state index contributed by atoms with van der Waals surface area (Å²) < 4.78 is 19.0. The molecule has 0 bridgehead atoms. The highest BCUT2D eigenvalue weighted by molar-refractivity contribution is 6.29. The molecule has 0 aliphatic carbocycles. The molecule has 0 aliphatic rings. The molecule has 7 heteroatoms. The predicted molar refractivity (Wildman–Crippen MR) is 57.4 cm³/mol. The molecule has 0 saturated carbocycles. The molecule has 0 saturated heterocycles. The summed E-state index contributed by atoms with van der Waals surface area (Å²) in [4.78, 5) is 24.6. The highest BCUT2D eigenvalue weighted by Crippen LogP contribution is 2.02. The minimum atomic E-state index is -1.16. The number of aromatic nitrogens is 2. The molecule has 0 amide bonds. The largest absolute Gasteiger partial charge is 0.377 e. The Kier molecular flexibility index (Phi) is 4.26. The smallest absolute Gasteiger partial charge is 0.329 e. The van der Waals surface area contributed by atoms with E-state index in [-0.39, 0.29) is 19.3 Å². The Hall–Kier alpha value is -1.14. The van der Waals surface area contributed by atoms with Crippen molar-refractivity contribution in [3.63, 3.8) is 0 Å². The van der Waals surface area contributed by atoms with Gasteiger partial charge < -0.3 is 4.74 Å². The molecule has 0 aromatic carbocycles. The predicted octanol–water partition coefficient (Wildman–Crippen LogP) is 0.754. The molecule has 1 heterocycles. The minimum absolute atomic E-state index is 0.0135. The van der Waals surface area contributed by atoms with Crippen LogP contribution >= 0.6 is 11.6 Å². The van der Waals surface area contributed by atoms with Gasteiger partial charge in [-0.15, -0.1) is 0 Å². The number of hydrogen-bond acceptors (Lipinski definition) is 3. The number of ether oxygens (including phenoxy) is 1. The second kappa shape index (κ2) is 5.27. The van der Waals surface area contributed by atoms with E-state index in [9.17, 15) is 14.0 Å². The standard InChI is InChI=1S/C9H12ClFN2O3/c1-5(2)16-4-3-13-8(14)6(11)7(10)12-9(13)15/h5H,3-4H2,1-2H3,(H,12,15). The lowest BCUT2D eigenvalue weighted by molar-refractivity contribution is 0.0714. The van der Waals surface area contributed by atoms with Gasteiger partial charge in [-0.05, 0) is 13.8 Å². The monoisotopic (exact) mass is 250 g/mol. The van der Waals surface area contributed by atoms with Gasteiger partial charge in [0.2, 0.25) is 5.82 Å². The first-order chi connectivity index (χ1) is 7.43. The van der Waals surface area contributed by atoms with Crippen LogP contribution < -0.4 is 11.2 Å². The average molecular weight is 251 g/mol. The fourth-order valence-electron chi connectivity index (χ4n) is 1.10. The maximum Gasteiger partial charge on any atom is 0.329 e. The van der Waals surface area contributed by atoms with Crippen LogP contribution in [0.15, 0.2) is 9.59 Å². The van der Waals surface area contributed by atoms with Crippen LogP contribution in [0.3, 0.4) is 0 Å². The Balaban J connectivity index is 2.93. The molecule has 0 unspecified atom stereocenters. The van der Waals surface area contributed by atoms with Gasteiger partial charge in [-0.2, -0.15) is 4.39 Å². The normalized spacial score (nSPS) is 11.1. The van der Waals surface area contributed by atoms with Crippen molar-refractivity contribution >= 4 is 11.6 Å². The third-order valence-corrected chi connectivity index (χ3v) is 2.11. The molecular formula is C9H12ClFN2O3. The van der Waals surface area contributed by atoms with E-state index in [1.807, 2.05) is 18.8 Å². The molecular weight excluding hydrogens is 239 g/mol. The fraction of sp³-hybridized carbons (Fsp3) is 0.556. The summed E-state index contributed by atoms with van der Waals surface area (Å²) in [7, 11) is 0. The van der Waals surface area contributed by atoms with Gasteiger partial charge in [0, 0.05) is 0 Å². The van der Waals surface area contributed by atoms with Crippen LogP contribution in [0, 0.1) is 5.82 Å². The first-order valence-electron chi connectivity index (χ1n) is 4.73. The second-order valence-corrected chi connectivity index (χ2v) is 3.81. The summed E-state index contributed by atoms with van der Waals surface area (Å²) in [5.74, 6) is -1.16. The summed E-state index contributed by atoms with van der Waals surface area (Å²) in [6.45, 7) is 3.77. The number of aromatic amines is 1. The first-order valence-corrected chi connectivity index (χ1v) is 5.11. The molecule has 1 aromatic rings. The minimum Gasteiger partial charge on any atom is -0.377 e. The molecule has 1 N–H and O–H groups in total. The molecule has 0 fully saturated rings. The van der Waals surface area contributed by atoms with Gasteiger partial charge in [-0.25, -0.2) is 4.79 Å². The van der Waals surface area contributed by atoms with Gasteiger partial charge in [0.15, 0.2) is 5.15 Å². The van der Waals surface area contributed by atoms with Crippen LogP contribution in [0.25, 0.3) is 0 Å². The van der Waals surface area contributed by atoms with Crippen molar-refractivity contribution in [2.45, 2.75) is 26.5 Å². The molecule has 5 nitrogen and oxygen atoms in total. The van der Waals surface area contributed by atoms with Gasteiger partial charge >= 0.3 is 5.69 Å². The van der Waals surface area contributed by atoms with E-state index in [4.69, 9.17) is 16.3 Å². The zero-order valence-corrected chi connectivity index (χ0v) is 9.68. The topological polar surface area (TPSA) is 64.1 Å². The summed E-state index contributed by atoms with van der Waals surface area (Å²) >= 11 is 5.30. The summed E-state index contributed by atoms with van der Waals surface area (Å²) in [5.41, 5.74) is -1.79. The van der Waals surface area contributed by atoms with Crippen molar-refractivity contribution in [3.05, 3.63) is 31.8 Å². The number of rotatable bonds is 4. The number of nitrogens with zero attached hydrogens (tertiary/aromatic N) is 1. The van der Waals surface area contributed by atoms with E-state index in [0.29, 0.717) is 4.57 Å². The van der Waals surface area contributed by atoms with Crippen molar-refractivity contribution in [1.82, 2.24) is 9.55 Å². The molecule has 0 aliphatic heterocycles. The molecule has 16 heavy (non-hydrogen) atoms. The van der Waals surface area contributed by atoms with Crippen LogP contribution in [-0.4, -0.2) is 22.3 Å². The quantitative estimate of drug-likeness (QED) is 0.803. The lowest BCUT2D eigenvalue weighted by Gasteiger charge is -2.08. The Morgan fingerprint density at radius 2 is 2.12 bits per heavy atom. The number of halogens is 2. The number of H-pyrrole nitrogens is 1. The number of hydrogen-bond donors (Lipinski definition) is 1. The molecule has 0 radical (unpaired) electrons. The van der Waals surface area contributed by atoms with E-state index in [2.05, 4.69) is 0 Å². The third-order valence-electron chi connectivity index (χ3n) is 1.85. The van der Waals surface area contributed by atoms with E-state index in [1.165, 1.54) is 0 Å². The van der Waals surface area contributed by atoms with Crippen molar-refractivity contribution in [2.24, 2.45) is 0 Å². The Bertz CT molecular complexity index is 481. The van der Waals surface area contributed by atoms with Crippen molar-refractivity contribution in [2.75, 3.05) is 6.61 Å². The molecule has 1 rings (SSSR count). The van der Waals surface area contributed by atoms with Gasteiger partial charge in [-0.3, -0.25) is 14.3 Å². The van der Waals surface area contributed by atoms with E-state index >= 15 is 0 Å². The maximum atomic E-state index is 13.1. The maximum absolute atomic E-state index is 13.1. The molecule has 0 atom stereocenters. The summed E-state index contributed by atoms with van der Waals surface area (Å²) in [5, 5.41) is -0.573. The Morgan fingerprint density at radius 1 is 1.50 bits per heavy atom. The van der Waals surface area contributed by atoms with Crippen molar-refractivity contribution < 1.29 is 9.13 Å². The Labute approximate surface area is 95.8 Å². The van der Waals surface area contributed by atoms with E-state index < -0.39 is 22.2 Å². The third kappa shape index (κ3) is 2.93. The lowest BCUT2D eigenvalue weighted by atomic mass is 10.5. The first kappa shape index (κ1) is 12.9. The lowest BCUT2D eigenvalue weighted by Crippen LogP contribution is -2.38. The zero-order chi connectivity index (χ0) is 12.3. The SMILES string of the molecule is CC(C)OCCn1c(=O)[nH]c(Cl)c(F)c1=O. The fourth-order valence-corrected chi connectivity index (χ4v) is 1.27. The van der Waals surface area contributed by atoms with Crippen molar-refractivity contribution in [3.8, 4) is 0 Å². The van der Waals surface area contributed by atoms with Gasteiger partial charge in [-0.1, -0.05) is 11.6 Å². The number of nitrogens with one attached hydrogen (secondary N) is 1. The summed E-state index contributed by atoms with van der Waals surface area (Å²) in [6, 6.07) is 0. The average Bonchev–Trinajstić information content (AvgIpc) is 2.19. The van der Waals surface area contributed by atoms with Crippen LogP contribution in [0.1, 0.15) is 13.8 Å². The van der Waals surface area contributed by atoms with E-state index in [1.54, 1.807) is 0 Å². The molecule has 0 spiro atoms. The van der Waals surface area contributed by atoms with Gasteiger partial charge in [0.05, 0.1) is 19.3 Å². The van der Waals surface area contributed by atoms with Gasteiger partial charge in [0.25, 0.3) is 5.56 Å². The van der Waals surface area contributed by atoms with Crippen LogP contribution in [0.2, 0.25) is 5.15 Å². The highest BCUT2D eigenvalue weighted by Gasteiger charge is 2.11. The van der Waals surface area contributed by atoms with Crippen molar-refractivity contribution in [1.29, 1.82) is 0 Å².